The molecule has 2 atom stereocenters. The zero-order chi connectivity index (χ0) is 22.3. The van der Waals surface area contributed by atoms with Gasteiger partial charge in [-0.2, -0.15) is 0 Å². The summed E-state index contributed by atoms with van der Waals surface area (Å²) in [7, 11) is 0. The second-order valence-electron chi connectivity index (χ2n) is 9.58. The SMILES string of the molecule is CC(C)(C)OC(=O)N1CCCC(c2ccc3c(c2)CN(C2CCC(=O)NC2=O)C3=O)C1. The molecule has 2 unspecified atom stereocenters. The van der Waals surface area contributed by atoms with Crippen LogP contribution in [-0.4, -0.2) is 58.3 Å². The second-order valence-corrected chi connectivity index (χ2v) is 9.58. The van der Waals surface area contributed by atoms with Gasteiger partial charge in [0.15, 0.2) is 0 Å². The van der Waals surface area contributed by atoms with E-state index in [-0.39, 0.29) is 30.2 Å². The van der Waals surface area contributed by atoms with E-state index in [1.165, 1.54) is 0 Å². The Morgan fingerprint density at radius 3 is 2.65 bits per heavy atom. The van der Waals surface area contributed by atoms with Crippen molar-refractivity contribution in [3.05, 3.63) is 34.9 Å². The van der Waals surface area contributed by atoms with Gasteiger partial charge in [0.05, 0.1) is 0 Å². The van der Waals surface area contributed by atoms with Crippen molar-refractivity contribution in [3.63, 3.8) is 0 Å². The molecule has 3 heterocycles. The highest BCUT2D eigenvalue weighted by Crippen LogP contribution is 2.33. The van der Waals surface area contributed by atoms with E-state index in [1.54, 1.807) is 9.80 Å². The van der Waals surface area contributed by atoms with Crippen molar-refractivity contribution in [2.24, 2.45) is 0 Å². The van der Waals surface area contributed by atoms with Gasteiger partial charge in [-0.15, -0.1) is 0 Å². The number of imide groups is 1. The second kappa shape index (κ2) is 7.98. The molecule has 0 radical (unpaired) electrons. The third-order valence-corrected chi connectivity index (χ3v) is 6.09. The highest BCUT2D eigenvalue weighted by molar-refractivity contribution is 6.05. The summed E-state index contributed by atoms with van der Waals surface area (Å²) in [6.45, 7) is 7.20. The number of ether oxygens (including phenoxy) is 1. The molecule has 0 aliphatic carbocycles. The Morgan fingerprint density at radius 2 is 1.94 bits per heavy atom. The Labute approximate surface area is 181 Å². The molecule has 0 spiro atoms. The van der Waals surface area contributed by atoms with Gasteiger partial charge in [-0.3, -0.25) is 19.7 Å². The molecule has 0 saturated carbocycles. The number of likely N-dealkylation sites (tertiary alicyclic amines) is 1. The van der Waals surface area contributed by atoms with E-state index in [0.717, 1.165) is 24.0 Å². The molecule has 1 N–H and O–H groups in total. The maximum Gasteiger partial charge on any atom is 0.410 e. The van der Waals surface area contributed by atoms with Crippen molar-refractivity contribution < 1.29 is 23.9 Å². The molecule has 3 aliphatic rings. The summed E-state index contributed by atoms with van der Waals surface area (Å²) in [6, 6.07) is 5.19. The molecule has 1 aromatic carbocycles. The largest absolute Gasteiger partial charge is 0.444 e. The number of hydrogen-bond donors (Lipinski definition) is 1. The van der Waals surface area contributed by atoms with E-state index in [4.69, 9.17) is 4.74 Å². The van der Waals surface area contributed by atoms with E-state index in [0.29, 0.717) is 31.6 Å². The Hall–Kier alpha value is -2.90. The van der Waals surface area contributed by atoms with Crippen LogP contribution in [0.4, 0.5) is 4.79 Å². The van der Waals surface area contributed by atoms with Crippen LogP contribution in [0.25, 0.3) is 0 Å². The maximum absolute atomic E-state index is 12.9. The average Bonchev–Trinajstić information content (AvgIpc) is 3.02. The Balaban J connectivity index is 1.47. The average molecular weight is 428 g/mol. The number of nitrogens with zero attached hydrogens (tertiary/aromatic N) is 2. The first-order valence-electron chi connectivity index (χ1n) is 10.9. The van der Waals surface area contributed by atoms with Gasteiger partial charge in [0, 0.05) is 37.5 Å². The van der Waals surface area contributed by atoms with Crippen LogP contribution in [0, 0.1) is 0 Å². The Kier molecular flexibility index (Phi) is 5.49. The fourth-order valence-electron chi connectivity index (χ4n) is 4.59. The minimum Gasteiger partial charge on any atom is -0.444 e. The molecule has 8 heteroatoms. The number of hydrogen-bond acceptors (Lipinski definition) is 5. The normalized spacial score (nSPS) is 24.2. The third-order valence-electron chi connectivity index (χ3n) is 6.09. The minimum atomic E-state index is -0.613. The van der Waals surface area contributed by atoms with Gasteiger partial charge in [-0.05, 0) is 57.2 Å². The Bertz CT molecular complexity index is 936. The molecule has 4 amide bonds. The molecule has 1 aromatic rings. The first kappa shape index (κ1) is 21.3. The molecule has 3 aliphatic heterocycles. The minimum absolute atomic E-state index is 0.171. The van der Waals surface area contributed by atoms with Gasteiger partial charge in [-0.25, -0.2) is 4.79 Å². The molecule has 0 bridgehead atoms. The summed E-state index contributed by atoms with van der Waals surface area (Å²) in [5.41, 5.74) is 2.05. The highest BCUT2D eigenvalue weighted by atomic mass is 16.6. The lowest BCUT2D eigenvalue weighted by Crippen LogP contribution is -2.52. The number of rotatable bonds is 2. The summed E-state index contributed by atoms with van der Waals surface area (Å²) in [5, 5.41) is 2.33. The molecule has 166 valence electrons. The summed E-state index contributed by atoms with van der Waals surface area (Å²) in [6.07, 6.45) is 2.15. The fourth-order valence-corrected chi connectivity index (χ4v) is 4.59. The summed E-state index contributed by atoms with van der Waals surface area (Å²) >= 11 is 0. The maximum atomic E-state index is 12.9. The first-order valence-corrected chi connectivity index (χ1v) is 10.9. The van der Waals surface area contributed by atoms with Crippen LogP contribution in [0.5, 0.6) is 0 Å². The number of carbonyl (C=O) groups excluding carboxylic acids is 4. The fraction of sp³-hybridized carbons (Fsp3) is 0.565. The van der Waals surface area contributed by atoms with Crippen molar-refractivity contribution in [1.29, 1.82) is 0 Å². The van der Waals surface area contributed by atoms with Crippen molar-refractivity contribution in [3.8, 4) is 0 Å². The van der Waals surface area contributed by atoms with Gasteiger partial charge in [0.2, 0.25) is 11.8 Å². The zero-order valence-electron chi connectivity index (χ0n) is 18.3. The van der Waals surface area contributed by atoms with Crippen molar-refractivity contribution >= 4 is 23.8 Å². The van der Waals surface area contributed by atoms with Gasteiger partial charge < -0.3 is 14.5 Å². The number of carbonyl (C=O) groups is 4. The summed E-state index contributed by atoms with van der Waals surface area (Å²) in [5.74, 6) is -0.696. The first-order chi connectivity index (χ1) is 14.6. The van der Waals surface area contributed by atoms with E-state index < -0.39 is 17.6 Å². The quantitative estimate of drug-likeness (QED) is 0.732. The Morgan fingerprint density at radius 1 is 1.16 bits per heavy atom. The van der Waals surface area contributed by atoms with Gasteiger partial charge in [0.25, 0.3) is 5.91 Å². The molecule has 0 aromatic heterocycles. The van der Waals surface area contributed by atoms with Gasteiger partial charge in [0.1, 0.15) is 11.6 Å². The van der Waals surface area contributed by atoms with Crippen LogP contribution in [-0.2, 0) is 20.9 Å². The number of amides is 4. The molecule has 2 fully saturated rings. The van der Waals surface area contributed by atoms with Crippen LogP contribution in [0.15, 0.2) is 18.2 Å². The van der Waals surface area contributed by atoms with E-state index in [9.17, 15) is 19.2 Å². The molecular formula is C23H29N3O5. The monoisotopic (exact) mass is 427 g/mol. The predicted octanol–water partition coefficient (Wildman–Crippen LogP) is 2.56. The van der Waals surface area contributed by atoms with Crippen LogP contribution >= 0.6 is 0 Å². The third kappa shape index (κ3) is 4.43. The molecular weight excluding hydrogens is 398 g/mol. The van der Waals surface area contributed by atoms with Crippen LogP contribution < -0.4 is 5.32 Å². The standard InChI is InChI=1S/C23H29N3O5/c1-23(2,3)31-22(30)25-10-4-5-15(12-25)14-6-7-17-16(11-14)13-26(21(17)29)18-8-9-19(27)24-20(18)28/h6-7,11,15,18H,4-5,8-10,12-13H2,1-3H3,(H,24,27,28). The number of benzene rings is 1. The van der Waals surface area contributed by atoms with E-state index in [1.807, 2.05) is 39.0 Å². The molecule has 31 heavy (non-hydrogen) atoms. The van der Waals surface area contributed by atoms with E-state index >= 15 is 0 Å². The number of nitrogens with one attached hydrogen (secondary N) is 1. The lowest BCUT2D eigenvalue weighted by atomic mass is 9.89. The topological polar surface area (TPSA) is 96.0 Å². The van der Waals surface area contributed by atoms with E-state index in [2.05, 4.69) is 5.32 Å². The van der Waals surface area contributed by atoms with Crippen LogP contribution in [0.2, 0.25) is 0 Å². The molecule has 8 nitrogen and oxygen atoms in total. The van der Waals surface area contributed by atoms with Gasteiger partial charge >= 0.3 is 6.09 Å². The van der Waals surface area contributed by atoms with Crippen LogP contribution in [0.1, 0.15) is 73.9 Å². The summed E-state index contributed by atoms with van der Waals surface area (Å²) < 4.78 is 5.52. The number of fused-ring (bicyclic) bond motifs is 1. The van der Waals surface area contributed by atoms with Gasteiger partial charge in [-0.1, -0.05) is 12.1 Å². The summed E-state index contributed by atoms with van der Waals surface area (Å²) in [4.78, 5) is 52.3. The van der Waals surface area contributed by atoms with Crippen LogP contribution in [0.3, 0.4) is 0 Å². The predicted molar refractivity (Wildman–Crippen MR) is 112 cm³/mol. The molecule has 4 rings (SSSR count). The smallest absolute Gasteiger partial charge is 0.410 e. The van der Waals surface area contributed by atoms with Crippen molar-refractivity contribution in [2.75, 3.05) is 13.1 Å². The lowest BCUT2D eigenvalue weighted by Gasteiger charge is -2.34. The zero-order valence-corrected chi connectivity index (χ0v) is 18.3. The molecule has 2 saturated heterocycles. The number of piperidine rings is 2. The highest BCUT2D eigenvalue weighted by Gasteiger charge is 2.39. The van der Waals surface area contributed by atoms with Crippen molar-refractivity contribution in [2.45, 2.75) is 70.6 Å². The van der Waals surface area contributed by atoms with Crippen molar-refractivity contribution in [1.82, 2.24) is 15.1 Å². The lowest BCUT2D eigenvalue weighted by molar-refractivity contribution is -0.136.